The highest BCUT2D eigenvalue weighted by Gasteiger charge is 2.38. The summed E-state index contributed by atoms with van der Waals surface area (Å²) in [6.07, 6.45) is 13.1. The molecule has 0 unspecified atom stereocenters. The SMILES string of the molecule is Cn1ccc(C(=O)NC[C@@H]2CC[C@H](CC(=O)NC3CCCCC3)N2CC2CC2)n1. The molecule has 2 atom stereocenters. The average molecular weight is 402 g/mol. The lowest BCUT2D eigenvalue weighted by Gasteiger charge is -2.31. The second-order valence-corrected chi connectivity index (χ2v) is 9.22. The summed E-state index contributed by atoms with van der Waals surface area (Å²) in [4.78, 5) is 27.5. The molecule has 2 heterocycles. The van der Waals surface area contributed by atoms with E-state index in [0.29, 0.717) is 36.8 Å². The van der Waals surface area contributed by atoms with Gasteiger partial charge in [0.15, 0.2) is 0 Å². The van der Waals surface area contributed by atoms with E-state index in [2.05, 4.69) is 20.6 Å². The van der Waals surface area contributed by atoms with Crippen molar-refractivity contribution in [1.29, 1.82) is 0 Å². The van der Waals surface area contributed by atoms with Gasteiger partial charge in [-0.15, -0.1) is 0 Å². The molecule has 2 N–H and O–H groups in total. The van der Waals surface area contributed by atoms with Crippen molar-refractivity contribution < 1.29 is 9.59 Å². The van der Waals surface area contributed by atoms with Crippen LogP contribution in [0.2, 0.25) is 0 Å². The minimum absolute atomic E-state index is 0.115. The van der Waals surface area contributed by atoms with Crippen LogP contribution in [0.5, 0.6) is 0 Å². The Kier molecular flexibility index (Phi) is 6.53. The number of hydrogen-bond donors (Lipinski definition) is 2. The maximum atomic E-state index is 12.7. The summed E-state index contributed by atoms with van der Waals surface area (Å²) in [6.45, 7) is 1.69. The number of carbonyl (C=O) groups is 2. The van der Waals surface area contributed by atoms with Crippen LogP contribution in [-0.2, 0) is 11.8 Å². The first-order valence-corrected chi connectivity index (χ1v) is 11.4. The highest BCUT2D eigenvalue weighted by Crippen LogP contribution is 2.35. The quantitative estimate of drug-likeness (QED) is 0.700. The second-order valence-electron chi connectivity index (χ2n) is 9.22. The number of aryl methyl sites for hydroxylation is 1. The molecule has 0 bridgehead atoms. The zero-order chi connectivity index (χ0) is 20.2. The molecule has 0 radical (unpaired) electrons. The maximum Gasteiger partial charge on any atom is 0.271 e. The third kappa shape index (κ3) is 5.59. The van der Waals surface area contributed by atoms with Gasteiger partial charge in [0.1, 0.15) is 5.69 Å². The van der Waals surface area contributed by atoms with Crippen molar-refractivity contribution in [3.63, 3.8) is 0 Å². The minimum atomic E-state index is -0.115. The van der Waals surface area contributed by atoms with Crippen LogP contribution in [0.15, 0.2) is 12.3 Å². The van der Waals surface area contributed by atoms with E-state index in [1.807, 2.05) is 7.05 Å². The van der Waals surface area contributed by atoms with E-state index >= 15 is 0 Å². The van der Waals surface area contributed by atoms with Gasteiger partial charge in [-0.2, -0.15) is 5.10 Å². The molecule has 3 aliphatic rings. The molecule has 1 saturated heterocycles. The fourth-order valence-corrected chi connectivity index (χ4v) is 4.93. The standard InChI is InChI=1S/C22H35N5O2/c1-26-12-11-20(25-26)22(29)23-14-19-10-9-18(27(19)15-16-7-8-16)13-21(28)24-17-5-3-2-4-6-17/h11-12,16-19H,2-10,13-15H2,1H3,(H,23,29)(H,24,28)/t18-,19+/m1/s1. The Morgan fingerprint density at radius 1 is 1.07 bits per heavy atom. The van der Waals surface area contributed by atoms with Crippen molar-refractivity contribution >= 4 is 11.8 Å². The molecule has 7 heteroatoms. The molecule has 1 aromatic heterocycles. The number of nitrogens with zero attached hydrogens (tertiary/aromatic N) is 3. The molecule has 160 valence electrons. The average Bonchev–Trinajstić information content (AvgIpc) is 3.31. The van der Waals surface area contributed by atoms with Gasteiger partial charge in [-0.1, -0.05) is 19.3 Å². The molecular weight excluding hydrogens is 366 g/mol. The van der Waals surface area contributed by atoms with Crippen LogP contribution >= 0.6 is 0 Å². The first kappa shape index (κ1) is 20.4. The van der Waals surface area contributed by atoms with Gasteiger partial charge < -0.3 is 10.6 Å². The van der Waals surface area contributed by atoms with E-state index in [1.54, 1.807) is 16.9 Å². The highest BCUT2D eigenvalue weighted by atomic mass is 16.2. The summed E-state index contributed by atoms with van der Waals surface area (Å²) < 4.78 is 1.64. The zero-order valence-electron chi connectivity index (χ0n) is 17.6. The lowest BCUT2D eigenvalue weighted by atomic mass is 9.95. The molecule has 1 aliphatic heterocycles. The summed E-state index contributed by atoms with van der Waals surface area (Å²) in [5.74, 6) is 0.863. The van der Waals surface area contributed by atoms with E-state index in [0.717, 1.165) is 38.1 Å². The summed E-state index contributed by atoms with van der Waals surface area (Å²) in [7, 11) is 1.81. The smallest absolute Gasteiger partial charge is 0.271 e. The third-order valence-electron chi connectivity index (χ3n) is 6.77. The lowest BCUT2D eigenvalue weighted by molar-refractivity contribution is -0.123. The number of likely N-dealkylation sites (tertiary alicyclic amines) is 1. The van der Waals surface area contributed by atoms with Crippen molar-refractivity contribution in [2.75, 3.05) is 13.1 Å². The molecule has 2 amide bonds. The Labute approximate surface area is 173 Å². The van der Waals surface area contributed by atoms with Crippen molar-refractivity contribution in [2.45, 2.75) is 82.3 Å². The van der Waals surface area contributed by atoms with Crippen LogP contribution in [0, 0.1) is 5.92 Å². The van der Waals surface area contributed by atoms with Gasteiger partial charge in [0.25, 0.3) is 5.91 Å². The predicted molar refractivity (Wildman–Crippen MR) is 111 cm³/mol. The van der Waals surface area contributed by atoms with Gasteiger partial charge in [-0.3, -0.25) is 19.2 Å². The zero-order valence-corrected chi connectivity index (χ0v) is 17.6. The predicted octanol–water partition coefficient (Wildman–Crippen LogP) is 2.23. The van der Waals surface area contributed by atoms with Crippen LogP contribution in [0.25, 0.3) is 0 Å². The normalized spacial score (nSPS) is 25.8. The Bertz CT molecular complexity index is 708. The molecular formula is C22H35N5O2. The van der Waals surface area contributed by atoms with Gasteiger partial charge in [0, 0.05) is 50.9 Å². The monoisotopic (exact) mass is 401 g/mol. The number of rotatable bonds is 8. The van der Waals surface area contributed by atoms with Gasteiger partial charge in [-0.25, -0.2) is 0 Å². The number of hydrogen-bond acceptors (Lipinski definition) is 4. The molecule has 2 aliphatic carbocycles. The van der Waals surface area contributed by atoms with E-state index in [-0.39, 0.29) is 11.8 Å². The second kappa shape index (κ2) is 9.28. The number of aromatic nitrogens is 2. The fourth-order valence-electron chi connectivity index (χ4n) is 4.93. The van der Waals surface area contributed by atoms with Gasteiger partial charge in [-0.05, 0) is 50.5 Å². The number of amides is 2. The van der Waals surface area contributed by atoms with Crippen LogP contribution in [0.4, 0.5) is 0 Å². The summed E-state index contributed by atoms with van der Waals surface area (Å²) in [6, 6.07) is 2.74. The van der Waals surface area contributed by atoms with Crippen LogP contribution < -0.4 is 10.6 Å². The first-order chi connectivity index (χ1) is 14.1. The van der Waals surface area contributed by atoms with Crippen LogP contribution in [0.1, 0.15) is 74.7 Å². The largest absolute Gasteiger partial charge is 0.353 e. The first-order valence-electron chi connectivity index (χ1n) is 11.4. The molecule has 3 fully saturated rings. The molecule has 4 rings (SSSR count). The maximum absolute atomic E-state index is 12.7. The Balaban J connectivity index is 1.29. The van der Waals surface area contributed by atoms with E-state index in [9.17, 15) is 9.59 Å². The van der Waals surface area contributed by atoms with Gasteiger partial charge >= 0.3 is 0 Å². The van der Waals surface area contributed by atoms with Crippen molar-refractivity contribution in [3.05, 3.63) is 18.0 Å². The fraction of sp³-hybridized carbons (Fsp3) is 0.773. The van der Waals surface area contributed by atoms with E-state index < -0.39 is 0 Å². The molecule has 0 spiro atoms. The summed E-state index contributed by atoms with van der Waals surface area (Å²) >= 11 is 0. The lowest BCUT2D eigenvalue weighted by Crippen LogP contribution is -2.46. The highest BCUT2D eigenvalue weighted by molar-refractivity contribution is 5.92. The Morgan fingerprint density at radius 3 is 2.52 bits per heavy atom. The molecule has 7 nitrogen and oxygen atoms in total. The molecule has 29 heavy (non-hydrogen) atoms. The summed E-state index contributed by atoms with van der Waals surface area (Å²) in [5.41, 5.74) is 0.461. The minimum Gasteiger partial charge on any atom is -0.353 e. The number of carbonyl (C=O) groups excluding carboxylic acids is 2. The Morgan fingerprint density at radius 2 is 1.83 bits per heavy atom. The number of nitrogens with one attached hydrogen (secondary N) is 2. The third-order valence-corrected chi connectivity index (χ3v) is 6.77. The van der Waals surface area contributed by atoms with E-state index in [4.69, 9.17) is 0 Å². The van der Waals surface area contributed by atoms with Crippen molar-refractivity contribution in [3.8, 4) is 0 Å². The topological polar surface area (TPSA) is 79.3 Å². The van der Waals surface area contributed by atoms with Gasteiger partial charge in [0.2, 0.25) is 5.91 Å². The van der Waals surface area contributed by atoms with E-state index in [1.165, 1.54) is 32.1 Å². The Hall–Kier alpha value is -1.89. The van der Waals surface area contributed by atoms with Crippen molar-refractivity contribution in [1.82, 2.24) is 25.3 Å². The van der Waals surface area contributed by atoms with Crippen molar-refractivity contribution in [2.24, 2.45) is 13.0 Å². The molecule has 0 aromatic carbocycles. The summed E-state index contributed by atoms with van der Waals surface area (Å²) in [5, 5.41) is 10.5. The van der Waals surface area contributed by atoms with Crippen LogP contribution in [0.3, 0.4) is 0 Å². The van der Waals surface area contributed by atoms with Crippen LogP contribution in [-0.4, -0.2) is 57.7 Å². The molecule has 1 aromatic rings. The van der Waals surface area contributed by atoms with Gasteiger partial charge in [0.05, 0.1) is 0 Å². The molecule has 2 saturated carbocycles.